The Labute approximate surface area is 122 Å². The summed E-state index contributed by atoms with van der Waals surface area (Å²) in [5, 5.41) is 11.5. The summed E-state index contributed by atoms with van der Waals surface area (Å²) >= 11 is 0. The van der Waals surface area contributed by atoms with Crippen molar-refractivity contribution in [2.75, 3.05) is 5.32 Å². The van der Waals surface area contributed by atoms with Crippen LogP contribution in [0.25, 0.3) is 6.08 Å². The van der Waals surface area contributed by atoms with E-state index in [1.807, 2.05) is 18.2 Å². The van der Waals surface area contributed by atoms with E-state index in [2.05, 4.69) is 5.32 Å². The smallest absolute Gasteiger partial charge is 0.328 e. The predicted octanol–water partition coefficient (Wildman–Crippen LogP) is 3.35. The van der Waals surface area contributed by atoms with Gasteiger partial charge in [-0.3, -0.25) is 4.79 Å². The van der Waals surface area contributed by atoms with Crippen LogP contribution in [-0.4, -0.2) is 17.0 Å². The molecule has 0 aliphatic rings. The Morgan fingerprint density at radius 3 is 2.43 bits per heavy atom. The standard InChI is InChI=1S/C17H15NO3/c1-12-13(10-11-16(19)20)6-5-9-15(12)17(21)18-14-7-3-2-4-8-14/h2-11H,1H3,(H,18,21)(H,19,20). The lowest BCUT2D eigenvalue weighted by Crippen LogP contribution is -2.13. The van der Waals surface area contributed by atoms with Crippen LogP contribution < -0.4 is 5.32 Å². The lowest BCUT2D eigenvalue weighted by Gasteiger charge is -2.09. The molecule has 21 heavy (non-hydrogen) atoms. The highest BCUT2D eigenvalue weighted by molar-refractivity contribution is 6.05. The summed E-state index contributed by atoms with van der Waals surface area (Å²) in [6.45, 7) is 1.79. The highest BCUT2D eigenvalue weighted by Crippen LogP contribution is 2.17. The van der Waals surface area contributed by atoms with Crippen LogP contribution in [0.15, 0.2) is 54.6 Å². The van der Waals surface area contributed by atoms with Gasteiger partial charge in [0, 0.05) is 17.3 Å². The van der Waals surface area contributed by atoms with Crippen LogP contribution >= 0.6 is 0 Å². The van der Waals surface area contributed by atoms with Crippen molar-refractivity contribution >= 4 is 23.6 Å². The van der Waals surface area contributed by atoms with E-state index in [-0.39, 0.29) is 5.91 Å². The fourth-order valence-corrected chi connectivity index (χ4v) is 1.96. The Kier molecular flexibility index (Phi) is 4.51. The number of carbonyl (C=O) groups excluding carboxylic acids is 1. The molecule has 4 nitrogen and oxygen atoms in total. The van der Waals surface area contributed by atoms with Crippen LogP contribution in [0.3, 0.4) is 0 Å². The van der Waals surface area contributed by atoms with Crippen LogP contribution in [0.2, 0.25) is 0 Å². The molecule has 0 aliphatic heterocycles. The zero-order valence-corrected chi connectivity index (χ0v) is 11.5. The fourth-order valence-electron chi connectivity index (χ4n) is 1.96. The predicted molar refractivity (Wildman–Crippen MR) is 82.2 cm³/mol. The number of aliphatic carboxylic acids is 1. The van der Waals surface area contributed by atoms with E-state index >= 15 is 0 Å². The number of anilines is 1. The van der Waals surface area contributed by atoms with E-state index in [4.69, 9.17) is 5.11 Å². The Hall–Kier alpha value is -2.88. The van der Waals surface area contributed by atoms with Gasteiger partial charge in [0.2, 0.25) is 0 Å². The maximum absolute atomic E-state index is 12.3. The summed E-state index contributed by atoms with van der Waals surface area (Å²) in [5.74, 6) is -1.24. The van der Waals surface area contributed by atoms with Crippen molar-refractivity contribution in [2.45, 2.75) is 6.92 Å². The van der Waals surface area contributed by atoms with Crippen molar-refractivity contribution in [3.05, 3.63) is 71.3 Å². The zero-order valence-electron chi connectivity index (χ0n) is 11.5. The number of carboxylic acids is 1. The molecule has 0 unspecified atom stereocenters. The van der Waals surface area contributed by atoms with Gasteiger partial charge in [-0.1, -0.05) is 30.3 Å². The Morgan fingerprint density at radius 1 is 1.05 bits per heavy atom. The zero-order chi connectivity index (χ0) is 15.2. The summed E-state index contributed by atoms with van der Waals surface area (Å²) < 4.78 is 0. The van der Waals surface area contributed by atoms with Gasteiger partial charge in [0.25, 0.3) is 5.91 Å². The number of hydrogen-bond acceptors (Lipinski definition) is 2. The van der Waals surface area contributed by atoms with Gasteiger partial charge in [0.15, 0.2) is 0 Å². The minimum Gasteiger partial charge on any atom is -0.478 e. The second kappa shape index (κ2) is 6.52. The quantitative estimate of drug-likeness (QED) is 0.845. The highest BCUT2D eigenvalue weighted by Gasteiger charge is 2.10. The number of carboxylic acid groups (broad SMARTS) is 1. The number of nitrogens with one attached hydrogen (secondary N) is 1. The molecule has 4 heteroatoms. The first-order valence-corrected chi connectivity index (χ1v) is 6.45. The van der Waals surface area contributed by atoms with Crippen LogP contribution in [-0.2, 0) is 4.79 Å². The van der Waals surface area contributed by atoms with Crippen molar-refractivity contribution in [2.24, 2.45) is 0 Å². The molecular weight excluding hydrogens is 266 g/mol. The molecule has 0 fully saturated rings. The first-order valence-electron chi connectivity index (χ1n) is 6.45. The van der Waals surface area contributed by atoms with E-state index in [1.54, 1.807) is 37.3 Å². The Morgan fingerprint density at radius 2 is 1.76 bits per heavy atom. The summed E-state index contributed by atoms with van der Waals surface area (Å²) in [5.41, 5.74) is 2.68. The second-order valence-electron chi connectivity index (χ2n) is 4.51. The Balaban J connectivity index is 2.26. The van der Waals surface area contributed by atoms with Crippen molar-refractivity contribution < 1.29 is 14.7 Å². The lowest BCUT2D eigenvalue weighted by molar-refractivity contribution is -0.131. The minimum atomic E-state index is -1.02. The van der Waals surface area contributed by atoms with Crippen LogP contribution in [0.5, 0.6) is 0 Å². The molecule has 106 valence electrons. The van der Waals surface area contributed by atoms with E-state index in [9.17, 15) is 9.59 Å². The summed E-state index contributed by atoms with van der Waals surface area (Å²) in [6.07, 6.45) is 2.54. The molecule has 2 rings (SSSR count). The lowest BCUT2D eigenvalue weighted by atomic mass is 10.0. The molecular formula is C17H15NO3. The molecule has 0 radical (unpaired) electrons. The maximum atomic E-state index is 12.3. The van der Waals surface area contributed by atoms with Crippen molar-refractivity contribution in [1.82, 2.24) is 0 Å². The monoisotopic (exact) mass is 281 g/mol. The van der Waals surface area contributed by atoms with Crippen molar-refractivity contribution in [3.8, 4) is 0 Å². The Bertz CT molecular complexity index is 690. The van der Waals surface area contributed by atoms with Gasteiger partial charge in [-0.05, 0) is 42.3 Å². The first-order chi connectivity index (χ1) is 10.1. The number of benzene rings is 2. The first kappa shape index (κ1) is 14.5. The molecule has 0 atom stereocenters. The van der Waals surface area contributed by atoms with Gasteiger partial charge in [-0.2, -0.15) is 0 Å². The van der Waals surface area contributed by atoms with Gasteiger partial charge in [0.1, 0.15) is 0 Å². The molecule has 0 bridgehead atoms. The van der Waals surface area contributed by atoms with Crippen LogP contribution in [0, 0.1) is 6.92 Å². The summed E-state index contributed by atoms with van der Waals surface area (Å²) in [7, 11) is 0. The van der Waals surface area contributed by atoms with Gasteiger partial charge >= 0.3 is 5.97 Å². The molecule has 0 saturated heterocycles. The SMILES string of the molecule is Cc1c(C=CC(=O)O)cccc1C(=O)Nc1ccccc1. The van der Waals surface area contributed by atoms with Gasteiger partial charge in [0.05, 0.1) is 0 Å². The van der Waals surface area contributed by atoms with Crippen molar-refractivity contribution in [1.29, 1.82) is 0 Å². The largest absolute Gasteiger partial charge is 0.478 e. The third kappa shape index (κ3) is 3.79. The molecule has 0 heterocycles. The number of hydrogen-bond donors (Lipinski definition) is 2. The van der Waals surface area contributed by atoms with Crippen LogP contribution in [0.1, 0.15) is 21.5 Å². The van der Waals surface area contributed by atoms with E-state index in [1.165, 1.54) is 6.08 Å². The summed E-state index contributed by atoms with van der Waals surface area (Å²) in [4.78, 5) is 22.9. The van der Waals surface area contributed by atoms with E-state index in [0.29, 0.717) is 16.8 Å². The van der Waals surface area contributed by atoms with E-state index in [0.717, 1.165) is 11.6 Å². The summed E-state index contributed by atoms with van der Waals surface area (Å²) in [6, 6.07) is 14.4. The van der Waals surface area contributed by atoms with E-state index < -0.39 is 5.97 Å². The second-order valence-corrected chi connectivity index (χ2v) is 4.51. The molecule has 0 aliphatic carbocycles. The number of rotatable bonds is 4. The number of para-hydroxylation sites is 1. The van der Waals surface area contributed by atoms with Gasteiger partial charge in [-0.25, -0.2) is 4.79 Å². The molecule has 0 saturated carbocycles. The molecule has 2 aromatic carbocycles. The minimum absolute atomic E-state index is 0.218. The highest BCUT2D eigenvalue weighted by atomic mass is 16.4. The van der Waals surface area contributed by atoms with Gasteiger partial charge in [-0.15, -0.1) is 0 Å². The average molecular weight is 281 g/mol. The van der Waals surface area contributed by atoms with Crippen molar-refractivity contribution in [3.63, 3.8) is 0 Å². The molecule has 1 amide bonds. The third-order valence-electron chi connectivity index (χ3n) is 3.06. The normalized spacial score (nSPS) is 10.5. The maximum Gasteiger partial charge on any atom is 0.328 e. The molecule has 2 N–H and O–H groups in total. The van der Waals surface area contributed by atoms with Crippen LogP contribution in [0.4, 0.5) is 5.69 Å². The average Bonchev–Trinajstić information content (AvgIpc) is 2.47. The topological polar surface area (TPSA) is 66.4 Å². The molecule has 0 aromatic heterocycles. The number of carbonyl (C=O) groups is 2. The third-order valence-corrected chi connectivity index (χ3v) is 3.06. The molecule has 2 aromatic rings. The van der Waals surface area contributed by atoms with Gasteiger partial charge < -0.3 is 10.4 Å². The number of amides is 1. The molecule has 0 spiro atoms. The fraction of sp³-hybridized carbons (Fsp3) is 0.0588.